The molecule has 13 heteroatoms. The van der Waals surface area contributed by atoms with E-state index in [9.17, 15) is 14.9 Å². The minimum absolute atomic E-state index is 0.178. The van der Waals surface area contributed by atoms with Crippen molar-refractivity contribution >= 4 is 46.1 Å². The number of nitriles is 1. The van der Waals surface area contributed by atoms with Gasteiger partial charge < -0.3 is 24.6 Å². The number of ether oxygens (including phenoxy) is 2. The van der Waals surface area contributed by atoms with Crippen LogP contribution < -0.4 is 20.3 Å². The molecule has 0 radical (unpaired) electrons. The number of piperidine rings is 1. The number of allylic oxidation sites excluding steroid dienone is 1. The van der Waals surface area contributed by atoms with Crippen molar-refractivity contribution in [3.63, 3.8) is 0 Å². The van der Waals surface area contributed by atoms with Crippen molar-refractivity contribution in [1.82, 2.24) is 24.3 Å². The highest BCUT2D eigenvalue weighted by molar-refractivity contribution is 6.41. The van der Waals surface area contributed by atoms with Crippen molar-refractivity contribution in [3.8, 4) is 28.7 Å². The van der Waals surface area contributed by atoms with Gasteiger partial charge in [-0.3, -0.25) is 14.2 Å². The normalized spacial score (nSPS) is 14.5. The summed E-state index contributed by atoms with van der Waals surface area (Å²) in [4.78, 5) is 40.1. The molecule has 1 aliphatic rings. The maximum atomic E-state index is 14.2. The quantitative estimate of drug-likeness (QED) is 0.243. The Balaban J connectivity index is 1.63. The molecular weight excluding hydrogens is 617 g/mol. The van der Waals surface area contributed by atoms with E-state index >= 15 is 0 Å². The largest absolute Gasteiger partial charge is 0.495 e. The first kappa shape index (κ1) is 34.0. The van der Waals surface area contributed by atoms with Crippen LogP contribution in [-0.4, -0.2) is 84.2 Å². The molecule has 0 atom stereocenters. The second-order valence-corrected chi connectivity index (χ2v) is 12.8. The van der Waals surface area contributed by atoms with Crippen LogP contribution in [0.15, 0.2) is 34.8 Å². The van der Waals surface area contributed by atoms with Crippen LogP contribution in [0, 0.1) is 16.7 Å². The molecule has 0 spiro atoms. The lowest BCUT2D eigenvalue weighted by molar-refractivity contribution is -0.128. The number of anilines is 1. The monoisotopic (exact) mass is 655 g/mol. The number of rotatable bonds is 9. The molecule has 1 fully saturated rings. The summed E-state index contributed by atoms with van der Waals surface area (Å²) in [7, 11) is 6.67. The van der Waals surface area contributed by atoms with E-state index in [4.69, 9.17) is 32.7 Å². The molecule has 3 aromatic rings. The number of hydrogen-bond acceptors (Lipinski definition) is 9. The molecule has 11 nitrogen and oxygen atoms in total. The molecule has 240 valence electrons. The number of hydrogen-bond donors (Lipinski definition) is 1. The SMILES string of the molecule is CNc1ncc2cc(-c3c(Cl)c(OC)cc(OC)c3Cl)c(=O)n(CCN(C)C3CCN(C(=O)C(C#N)=CC(C)(C)C)CC3)c2n1. The fourth-order valence-electron chi connectivity index (χ4n) is 5.48. The summed E-state index contributed by atoms with van der Waals surface area (Å²) in [6.07, 6.45) is 4.86. The van der Waals surface area contributed by atoms with Crippen LogP contribution >= 0.6 is 23.2 Å². The molecule has 0 saturated carbocycles. The molecule has 1 saturated heterocycles. The van der Waals surface area contributed by atoms with E-state index in [1.165, 1.54) is 14.2 Å². The Hall–Kier alpha value is -3.85. The van der Waals surface area contributed by atoms with Crippen LogP contribution in [0.5, 0.6) is 11.5 Å². The standard InChI is InChI=1S/C32H39Cl2N7O4/c1-32(2,3)16-20(17-35)29(42)40-10-8-21(9-11-40)39(5)12-13-41-28-19(18-37-31(36-4)38-28)14-22(30(41)43)25-26(33)23(44-6)15-24(45-7)27(25)34/h14-16,18,21H,8-13H2,1-7H3,(H,36,37,38). The van der Waals surface area contributed by atoms with Crippen molar-refractivity contribution in [2.45, 2.75) is 46.2 Å². The summed E-state index contributed by atoms with van der Waals surface area (Å²) < 4.78 is 12.5. The van der Waals surface area contributed by atoms with Gasteiger partial charge in [-0.15, -0.1) is 0 Å². The van der Waals surface area contributed by atoms with Gasteiger partial charge in [0.05, 0.1) is 29.8 Å². The molecule has 0 bridgehead atoms. The fraction of sp³-hybridized carbons (Fsp3) is 0.469. The van der Waals surface area contributed by atoms with Gasteiger partial charge in [0, 0.05) is 62.5 Å². The van der Waals surface area contributed by atoms with Crippen molar-refractivity contribution in [3.05, 3.63) is 50.4 Å². The van der Waals surface area contributed by atoms with Crippen LogP contribution in [0.3, 0.4) is 0 Å². The molecule has 1 amide bonds. The Morgan fingerprint density at radius 1 is 1.18 bits per heavy atom. The van der Waals surface area contributed by atoms with E-state index < -0.39 is 0 Å². The number of likely N-dealkylation sites (N-methyl/N-ethyl adjacent to an activating group) is 1. The Morgan fingerprint density at radius 2 is 1.80 bits per heavy atom. The van der Waals surface area contributed by atoms with Gasteiger partial charge in [0.25, 0.3) is 11.5 Å². The molecule has 4 rings (SSSR count). The molecule has 2 aromatic heterocycles. The average Bonchev–Trinajstić information content (AvgIpc) is 3.02. The first-order chi connectivity index (χ1) is 21.3. The summed E-state index contributed by atoms with van der Waals surface area (Å²) in [6, 6.07) is 5.51. The Kier molecular flexibility index (Phi) is 10.6. The lowest BCUT2D eigenvalue weighted by Gasteiger charge is -2.37. The van der Waals surface area contributed by atoms with E-state index in [1.807, 2.05) is 27.8 Å². The van der Waals surface area contributed by atoms with Gasteiger partial charge in [0.1, 0.15) is 28.8 Å². The highest BCUT2D eigenvalue weighted by Gasteiger charge is 2.28. The molecule has 0 aliphatic carbocycles. The second kappa shape index (κ2) is 14.1. The maximum Gasteiger partial charge on any atom is 0.264 e. The fourth-order valence-corrected chi connectivity index (χ4v) is 6.19. The maximum absolute atomic E-state index is 14.2. The highest BCUT2D eigenvalue weighted by Crippen LogP contribution is 2.45. The lowest BCUT2D eigenvalue weighted by Crippen LogP contribution is -2.46. The van der Waals surface area contributed by atoms with Crippen LogP contribution in [0.25, 0.3) is 22.2 Å². The van der Waals surface area contributed by atoms with Gasteiger partial charge in [0.2, 0.25) is 5.95 Å². The number of halogens is 2. The molecule has 3 heterocycles. The van der Waals surface area contributed by atoms with E-state index in [0.29, 0.717) is 60.2 Å². The molecular formula is C32H39Cl2N7O4. The third-order valence-electron chi connectivity index (χ3n) is 7.87. The number of methoxy groups -OCH3 is 2. The first-order valence-electron chi connectivity index (χ1n) is 14.6. The zero-order chi connectivity index (χ0) is 33.1. The van der Waals surface area contributed by atoms with Crippen molar-refractivity contribution in [1.29, 1.82) is 5.26 Å². The molecule has 1 aliphatic heterocycles. The number of nitrogens with one attached hydrogen (secondary N) is 1. The number of fused-ring (bicyclic) bond motifs is 1. The molecule has 0 unspecified atom stereocenters. The van der Waals surface area contributed by atoms with Gasteiger partial charge in [-0.1, -0.05) is 50.0 Å². The van der Waals surface area contributed by atoms with Gasteiger partial charge in [-0.05, 0) is 31.4 Å². The van der Waals surface area contributed by atoms with Crippen LogP contribution in [0.2, 0.25) is 10.0 Å². The third kappa shape index (κ3) is 7.35. The molecule has 1 aromatic carbocycles. The Labute approximate surface area is 273 Å². The van der Waals surface area contributed by atoms with Crippen molar-refractivity contribution in [2.24, 2.45) is 5.41 Å². The number of pyridine rings is 1. The smallest absolute Gasteiger partial charge is 0.264 e. The van der Waals surface area contributed by atoms with Crippen molar-refractivity contribution < 1.29 is 14.3 Å². The van der Waals surface area contributed by atoms with E-state index in [2.05, 4.69) is 26.3 Å². The van der Waals surface area contributed by atoms with E-state index in [1.54, 1.807) is 40.9 Å². The van der Waals surface area contributed by atoms with Gasteiger partial charge >= 0.3 is 0 Å². The predicted octanol–water partition coefficient (Wildman–Crippen LogP) is 5.24. The Bertz CT molecular complexity index is 1690. The molecule has 1 N–H and O–H groups in total. The van der Waals surface area contributed by atoms with Gasteiger partial charge in [0.15, 0.2) is 0 Å². The van der Waals surface area contributed by atoms with Crippen LogP contribution in [-0.2, 0) is 11.3 Å². The number of amides is 1. The minimum Gasteiger partial charge on any atom is -0.495 e. The number of benzene rings is 1. The average molecular weight is 657 g/mol. The third-order valence-corrected chi connectivity index (χ3v) is 8.62. The van der Waals surface area contributed by atoms with Crippen LogP contribution in [0.1, 0.15) is 33.6 Å². The zero-order valence-electron chi connectivity index (χ0n) is 26.7. The van der Waals surface area contributed by atoms with E-state index in [0.717, 1.165) is 12.8 Å². The summed E-state index contributed by atoms with van der Waals surface area (Å²) in [5, 5.41) is 13.5. The minimum atomic E-state index is -0.328. The number of carbonyl (C=O) groups excluding carboxylic acids is 1. The highest BCUT2D eigenvalue weighted by atomic mass is 35.5. The zero-order valence-corrected chi connectivity index (χ0v) is 28.2. The molecule has 45 heavy (non-hydrogen) atoms. The second-order valence-electron chi connectivity index (χ2n) is 12.1. The summed E-state index contributed by atoms with van der Waals surface area (Å²) in [5.41, 5.74) is 0.612. The first-order valence-corrected chi connectivity index (χ1v) is 15.4. The predicted molar refractivity (Wildman–Crippen MR) is 177 cm³/mol. The number of aromatic nitrogens is 3. The number of carbonyl (C=O) groups is 1. The van der Waals surface area contributed by atoms with E-state index in [-0.39, 0.29) is 44.1 Å². The summed E-state index contributed by atoms with van der Waals surface area (Å²) >= 11 is 13.4. The summed E-state index contributed by atoms with van der Waals surface area (Å²) in [5.74, 6) is 0.794. The number of nitrogens with zero attached hydrogens (tertiary/aromatic N) is 6. The lowest BCUT2D eigenvalue weighted by atomic mass is 9.93. The topological polar surface area (TPSA) is 126 Å². The van der Waals surface area contributed by atoms with Gasteiger partial charge in [-0.2, -0.15) is 10.2 Å². The summed E-state index contributed by atoms with van der Waals surface area (Å²) in [6.45, 7) is 7.84. The van der Waals surface area contributed by atoms with Gasteiger partial charge in [-0.25, -0.2) is 4.98 Å². The van der Waals surface area contributed by atoms with Crippen molar-refractivity contribution in [2.75, 3.05) is 53.3 Å². The number of likely N-dealkylation sites (tertiary alicyclic amines) is 1. The van der Waals surface area contributed by atoms with Crippen LogP contribution in [0.4, 0.5) is 5.95 Å². The Morgan fingerprint density at radius 3 is 2.33 bits per heavy atom.